The third-order valence-corrected chi connectivity index (χ3v) is 5.76. The van der Waals surface area contributed by atoms with E-state index in [-0.39, 0.29) is 24.0 Å². The summed E-state index contributed by atoms with van der Waals surface area (Å²) in [5, 5.41) is 14.0. The molecule has 1 unspecified atom stereocenters. The molecule has 0 radical (unpaired) electrons. The fourth-order valence-corrected chi connectivity index (χ4v) is 4.35. The Bertz CT molecular complexity index is 406. The summed E-state index contributed by atoms with van der Waals surface area (Å²) in [6.07, 6.45) is 9.46. The molecule has 6 heteroatoms. The number of hydrogen-bond donors (Lipinski definition) is 2. The van der Waals surface area contributed by atoms with Gasteiger partial charge in [-0.2, -0.15) is 0 Å². The quantitative estimate of drug-likeness (QED) is 0.393. The van der Waals surface area contributed by atoms with Crippen molar-refractivity contribution in [2.45, 2.75) is 69.9 Å². The fourth-order valence-electron chi connectivity index (χ4n) is 4.35. The van der Waals surface area contributed by atoms with Gasteiger partial charge in [-0.1, -0.05) is 19.3 Å². The van der Waals surface area contributed by atoms with Gasteiger partial charge in [0.2, 0.25) is 0 Å². The van der Waals surface area contributed by atoms with Gasteiger partial charge in [-0.25, -0.2) is 0 Å². The molecule has 1 saturated carbocycles. The summed E-state index contributed by atoms with van der Waals surface area (Å²) in [6.45, 7) is 8.29. The molecule has 0 amide bonds. The van der Waals surface area contributed by atoms with Crippen molar-refractivity contribution in [2.75, 3.05) is 39.3 Å². The maximum absolute atomic E-state index is 10.5. The molecule has 0 bridgehead atoms. The predicted octanol–water partition coefficient (Wildman–Crippen LogP) is 2.44. The van der Waals surface area contributed by atoms with Crippen molar-refractivity contribution in [1.29, 1.82) is 0 Å². The number of aliphatic imine (C=N–C) groups is 1. The maximum Gasteiger partial charge on any atom is 0.194 e. The summed E-state index contributed by atoms with van der Waals surface area (Å²) < 4.78 is 0. The average Bonchev–Trinajstić information content (AvgIpc) is 3.22. The van der Waals surface area contributed by atoms with E-state index in [2.05, 4.69) is 22.0 Å². The molecule has 0 spiro atoms. The van der Waals surface area contributed by atoms with Gasteiger partial charge in [0, 0.05) is 25.7 Å². The molecule has 2 heterocycles. The molecule has 5 nitrogen and oxygen atoms in total. The minimum absolute atomic E-state index is 0. The summed E-state index contributed by atoms with van der Waals surface area (Å²) in [4.78, 5) is 9.87. The average molecular weight is 450 g/mol. The van der Waals surface area contributed by atoms with Crippen LogP contribution >= 0.6 is 24.0 Å². The fraction of sp³-hybridized carbons (Fsp3) is 0.944. The van der Waals surface area contributed by atoms with Gasteiger partial charge in [-0.15, -0.1) is 24.0 Å². The number of guanidine groups is 1. The second-order valence-corrected chi connectivity index (χ2v) is 7.59. The zero-order valence-electron chi connectivity index (χ0n) is 15.2. The molecule has 3 fully saturated rings. The van der Waals surface area contributed by atoms with Crippen LogP contribution in [0, 0.1) is 0 Å². The second kappa shape index (κ2) is 9.57. The molecule has 2 saturated heterocycles. The Morgan fingerprint density at radius 2 is 1.83 bits per heavy atom. The van der Waals surface area contributed by atoms with Crippen LogP contribution < -0.4 is 5.32 Å². The van der Waals surface area contributed by atoms with Crippen LogP contribution in [0.2, 0.25) is 0 Å². The van der Waals surface area contributed by atoms with Crippen LogP contribution in [0.4, 0.5) is 0 Å². The van der Waals surface area contributed by atoms with Gasteiger partial charge in [0.05, 0.1) is 12.1 Å². The molecule has 2 aliphatic heterocycles. The first kappa shape index (κ1) is 20.2. The van der Waals surface area contributed by atoms with Crippen molar-refractivity contribution in [3.63, 3.8) is 0 Å². The molecule has 24 heavy (non-hydrogen) atoms. The Morgan fingerprint density at radius 3 is 2.50 bits per heavy atom. The van der Waals surface area contributed by atoms with Crippen LogP contribution in [-0.2, 0) is 0 Å². The zero-order chi connectivity index (χ0) is 16.1. The molecule has 1 atom stereocenters. The summed E-state index contributed by atoms with van der Waals surface area (Å²) >= 11 is 0. The van der Waals surface area contributed by atoms with Gasteiger partial charge in [-0.05, 0) is 52.1 Å². The molecule has 140 valence electrons. The number of aliphatic hydroxyl groups is 1. The van der Waals surface area contributed by atoms with Gasteiger partial charge in [-0.3, -0.25) is 9.89 Å². The molecule has 1 aliphatic carbocycles. The minimum atomic E-state index is -0.549. The minimum Gasteiger partial charge on any atom is -0.388 e. The smallest absolute Gasteiger partial charge is 0.194 e. The number of halogens is 1. The van der Waals surface area contributed by atoms with E-state index in [1.54, 1.807) is 0 Å². The number of hydrogen-bond acceptors (Lipinski definition) is 3. The van der Waals surface area contributed by atoms with E-state index < -0.39 is 5.60 Å². The van der Waals surface area contributed by atoms with Crippen molar-refractivity contribution in [2.24, 2.45) is 4.99 Å². The van der Waals surface area contributed by atoms with E-state index in [0.717, 1.165) is 51.3 Å². The Labute approximate surface area is 164 Å². The summed E-state index contributed by atoms with van der Waals surface area (Å²) in [7, 11) is 0. The van der Waals surface area contributed by atoms with E-state index in [1.165, 1.54) is 38.8 Å². The SMILES string of the molecule is CCNC(=NCC1(O)CCCC1)N1CCC(N2CCCCC2)C1.I. The highest BCUT2D eigenvalue weighted by Crippen LogP contribution is 2.29. The third-order valence-electron chi connectivity index (χ3n) is 5.76. The predicted molar refractivity (Wildman–Crippen MR) is 110 cm³/mol. The highest BCUT2D eigenvalue weighted by atomic mass is 127. The number of rotatable bonds is 4. The zero-order valence-corrected chi connectivity index (χ0v) is 17.5. The van der Waals surface area contributed by atoms with Crippen molar-refractivity contribution in [1.82, 2.24) is 15.1 Å². The largest absolute Gasteiger partial charge is 0.388 e. The molecular formula is C18H35IN4O. The second-order valence-electron chi connectivity index (χ2n) is 7.59. The van der Waals surface area contributed by atoms with Gasteiger partial charge in [0.15, 0.2) is 5.96 Å². The summed E-state index contributed by atoms with van der Waals surface area (Å²) in [6, 6.07) is 0.689. The van der Waals surface area contributed by atoms with E-state index in [0.29, 0.717) is 12.6 Å². The van der Waals surface area contributed by atoms with Crippen LogP contribution in [-0.4, -0.2) is 71.8 Å². The van der Waals surface area contributed by atoms with E-state index >= 15 is 0 Å². The Hall–Kier alpha value is -0.0800. The summed E-state index contributed by atoms with van der Waals surface area (Å²) in [5.74, 6) is 1.01. The standard InChI is InChI=1S/C18H34N4O.HI/c1-2-19-17(20-15-18(23)9-4-5-10-18)22-13-8-16(14-22)21-11-6-3-7-12-21;/h16,23H,2-15H2,1H3,(H,19,20);1H. The van der Waals surface area contributed by atoms with Gasteiger partial charge in [0.25, 0.3) is 0 Å². The van der Waals surface area contributed by atoms with Crippen molar-refractivity contribution in [3.8, 4) is 0 Å². The lowest BCUT2D eigenvalue weighted by Gasteiger charge is -2.32. The number of nitrogens with one attached hydrogen (secondary N) is 1. The molecule has 0 aromatic rings. The lowest BCUT2D eigenvalue weighted by molar-refractivity contribution is 0.0572. The van der Waals surface area contributed by atoms with Crippen LogP contribution in [0.15, 0.2) is 4.99 Å². The topological polar surface area (TPSA) is 51.1 Å². The highest BCUT2D eigenvalue weighted by Gasteiger charge is 2.33. The van der Waals surface area contributed by atoms with Crippen LogP contribution in [0.1, 0.15) is 58.3 Å². The Kier molecular flexibility index (Phi) is 8.07. The van der Waals surface area contributed by atoms with Gasteiger partial charge in [0.1, 0.15) is 0 Å². The number of likely N-dealkylation sites (tertiary alicyclic amines) is 2. The molecule has 3 rings (SSSR count). The van der Waals surface area contributed by atoms with Crippen molar-refractivity contribution < 1.29 is 5.11 Å². The molecule has 2 N–H and O–H groups in total. The van der Waals surface area contributed by atoms with Crippen molar-refractivity contribution in [3.05, 3.63) is 0 Å². The first-order chi connectivity index (χ1) is 11.2. The summed E-state index contributed by atoms with van der Waals surface area (Å²) in [5.41, 5.74) is -0.549. The number of nitrogens with zero attached hydrogens (tertiary/aromatic N) is 3. The molecule has 0 aromatic heterocycles. The van der Waals surface area contributed by atoms with Crippen LogP contribution in [0.25, 0.3) is 0 Å². The van der Waals surface area contributed by atoms with E-state index in [4.69, 9.17) is 4.99 Å². The molecular weight excluding hydrogens is 415 g/mol. The van der Waals surface area contributed by atoms with Gasteiger partial charge >= 0.3 is 0 Å². The first-order valence-corrected chi connectivity index (χ1v) is 9.70. The number of piperidine rings is 1. The van der Waals surface area contributed by atoms with Crippen molar-refractivity contribution >= 4 is 29.9 Å². The van der Waals surface area contributed by atoms with Crippen LogP contribution in [0.5, 0.6) is 0 Å². The normalized spacial score (nSPS) is 28.0. The molecule has 3 aliphatic rings. The Balaban J connectivity index is 0.00000208. The van der Waals surface area contributed by atoms with Crippen LogP contribution in [0.3, 0.4) is 0 Å². The van der Waals surface area contributed by atoms with E-state index in [1.807, 2.05) is 0 Å². The third kappa shape index (κ3) is 5.21. The van der Waals surface area contributed by atoms with E-state index in [9.17, 15) is 5.11 Å². The monoisotopic (exact) mass is 450 g/mol. The highest BCUT2D eigenvalue weighted by molar-refractivity contribution is 14.0. The maximum atomic E-state index is 10.5. The Morgan fingerprint density at radius 1 is 1.12 bits per heavy atom. The lowest BCUT2D eigenvalue weighted by Crippen LogP contribution is -2.45. The molecule has 0 aromatic carbocycles. The lowest BCUT2D eigenvalue weighted by atomic mass is 10.0. The first-order valence-electron chi connectivity index (χ1n) is 9.70. The van der Waals surface area contributed by atoms with Gasteiger partial charge < -0.3 is 15.3 Å².